The van der Waals surface area contributed by atoms with Gasteiger partial charge in [0.05, 0.1) is 5.60 Å². The quantitative estimate of drug-likeness (QED) is 0.821. The Kier molecular flexibility index (Phi) is 2.74. The van der Waals surface area contributed by atoms with Gasteiger partial charge in [-0.1, -0.05) is 19.9 Å². The van der Waals surface area contributed by atoms with Gasteiger partial charge in [0.1, 0.15) is 0 Å². The van der Waals surface area contributed by atoms with E-state index in [1.54, 1.807) is 0 Å². The number of rotatable bonds is 2. The van der Waals surface area contributed by atoms with Crippen LogP contribution in [0.3, 0.4) is 0 Å². The Morgan fingerprint density at radius 3 is 2.38 bits per heavy atom. The molecule has 1 saturated carbocycles. The molecule has 0 radical (unpaired) electrons. The van der Waals surface area contributed by atoms with Gasteiger partial charge >= 0.3 is 0 Å². The molecule has 16 heavy (non-hydrogen) atoms. The average Bonchev–Trinajstić information content (AvgIpc) is 2.17. The van der Waals surface area contributed by atoms with E-state index in [0.29, 0.717) is 30.2 Å². The summed E-state index contributed by atoms with van der Waals surface area (Å²) in [5.74, 6) is -0.769. The van der Waals surface area contributed by atoms with Crippen LogP contribution in [-0.2, 0) is 5.60 Å². The van der Waals surface area contributed by atoms with Gasteiger partial charge in [0, 0.05) is 0 Å². The van der Waals surface area contributed by atoms with E-state index in [1.807, 2.05) is 0 Å². The molecule has 88 valence electrons. The van der Waals surface area contributed by atoms with Crippen molar-refractivity contribution in [1.29, 1.82) is 0 Å². The summed E-state index contributed by atoms with van der Waals surface area (Å²) in [7, 11) is 0. The molecule has 1 fully saturated rings. The van der Waals surface area contributed by atoms with Crippen molar-refractivity contribution < 1.29 is 13.9 Å². The first-order chi connectivity index (χ1) is 7.42. The lowest BCUT2D eigenvalue weighted by Gasteiger charge is -2.46. The minimum atomic E-state index is -0.955. The van der Waals surface area contributed by atoms with Crippen LogP contribution in [0.15, 0.2) is 18.2 Å². The lowest BCUT2D eigenvalue weighted by atomic mass is 9.63. The monoisotopic (exact) mass is 226 g/mol. The third kappa shape index (κ3) is 1.84. The van der Waals surface area contributed by atoms with Gasteiger partial charge in [-0.25, -0.2) is 8.78 Å². The number of hydrogen-bond acceptors (Lipinski definition) is 1. The minimum absolute atomic E-state index is 0.470. The predicted octanol–water partition coefficient (Wildman–Crippen LogP) is 3.22. The Bertz CT molecular complexity index is 395. The first-order valence-electron chi connectivity index (χ1n) is 5.60. The van der Waals surface area contributed by atoms with E-state index in [1.165, 1.54) is 6.07 Å². The van der Waals surface area contributed by atoms with E-state index < -0.39 is 17.2 Å². The van der Waals surface area contributed by atoms with Gasteiger partial charge in [-0.3, -0.25) is 0 Å². The van der Waals surface area contributed by atoms with Crippen molar-refractivity contribution in [2.75, 3.05) is 0 Å². The molecule has 0 saturated heterocycles. The lowest BCUT2D eigenvalue weighted by molar-refractivity contribution is -0.0935. The van der Waals surface area contributed by atoms with Crippen molar-refractivity contribution in [2.24, 2.45) is 11.8 Å². The van der Waals surface area contributed by atoms with Crippen molar-refractivity contribution >= 4 is 0 Å². The summed E-state index contributed by atoms with van der Waals surface area (Å²) >= 11 is 0. The largest absolute Gasteiger partial charge is 0.385 e. The molecule has 0 unspecified atom stereocenters. The minimum Gasteiger partial charge on any atom is -0.385 e. The summed E-state index contributed by atoms with van der Waals surface area (Å²) in [6, 6.07) is 3.65. The van der Waals surface area contributed by atoms with Crippen molar-refractivity contribution in [3.8, 4) is 0 Å². The Hall–Kier alpha value is -0.960. The highest BCUT2D eigenvalue weighted by Gasteiger charge is 2.45. The van der Waals surface area contributed by atoms with Crippen LogP contribution in [0.4, 0.5) is 8.78 Å². The zero-order valence-corrected chi connectivity index (χ0v) is 9.50. The maximum Gasteiger partial charge on any atom is 0.159 e. The van der Waals surface area contributed by atoms with Crippen LogP contribution in [0.25, 0.3) is 0 Å². The Morgan fingerprint density at radius 2 is 1.88 bits per heavy atom. The summed E-state index contributed by atoms with van der Waals surface area (Å²) < 4.78 is 25.8. The summed E-state index contributed by atoms with van der Waals surface area (Å²) in [4.78, 5) is 0. The van der Waals surface area contributed by atoms with E-state index in [9.17, 15) is 13.9 Å². The van der Waals surface area contributed by atoms with E-state index in [4.69, 9.17) is 0 Å². The lowest BCUT2D eigenvalue weighted by Crippen LogP contribution is -2.43. The fourth-order valence-electron chi connectivity index (χ4n) is 2.30. The van der Waals surface area contributed by atoms with Crippen molar-refractivity contribution in [3.63, 3.8) is 0 Å². The summed E-state index contributed by atoms with van der Waals surface area (Å²) in [5.41, 5.74) is -0.466. The molecule has 0 amide bonds. The molecule has 1 aliphatic rings. The molecule has 0 aliphatic heterocycles. The summed E-state index contributed by atoms with van der Waals surface area (Å²) in [6.07, 6.45) is 1.27. The molecule has 0 heterocycles. The molecule has 0 bridgehead atoms. The highest BCUT2D eigenvalue weighted by molar-refractivity contribution is 5.27. The van der Waals surface area contributed by atoms with Gasteiger partial charge < -0.3 is 5.11 Å². The Balaban J connectivity index is 2.17. The fourth-order valence-corrected chi connectivity index (χ4v) is 2.30. The van der Waals surface area contributed by atoms with E-state index in [-0.39, 0.29) is 0 Å². The average molecular weight is 226 g/mol. The molecule has 1 aliphatic carbocycles. The van der Waals surface area contributed by atoms with Gasteiger partial charge in [0.15, 0.2) is 11.6 Å². The van der Waals surface area contributed by atoms with Crippen LogP contribution < -0.4 is 0 Å². The number of aliphatic hydroxyl groups is 1. The van der Waals surface area contributed by atoms with Crippen molar-refractivity contribution in [3.05, 3.63) is 35.4 Å². The van der Waals surface area contributed by atoms with Gasteiger partial charge in [-0.15, -0.1) is 0 Å². The van der Waals surface area contributed by atoms with Crippen LogP contribution in [0.5, 0.6) is 0 Å². The van der Waals surface area contributed by atoms with Crippen LogP contribution in [0, 0.1) is 23.5 Å². The molecule has 0 spiro atoms. The van der Waals surface area contributed by atoms with Crippen LogP contribution >= 0.6 is 0 Å². The number of halogens is 2. The van der Waals surface area contributed by atoms with E-state index in [2.05, 4.69) is 13.8 Å². The Morgan fingerprint density at radius 1 is 1.25 bits per heavy atom. The molecule has 1 aromatic carbocycles. The summed E-state index contributed by atoms with van der Waals surface area (Å²) in [6.45, 7) is 4.21. The normalized spacial score (nSPS) is 29.2. The Labute approximate surface area is 94.1 Å². The second-order valence-electron chi connectivity index (χ2n) is 5.07. The van der Waals surface area contributed by atoms with Crippen molar-refractivity contribution in [1.82, 2.24) is 0 Å². The molecule has 0 atom stereocenters. The molecule has 1 nitrogen and oxygen atoms in total. The molecule has 0 aromatic heterocycles. The fraction of sp³-hybridized carbons (Fsp3) is 0.538. The van der Waals surface area contributed by atoms with Gasteiger partial charge in [-0.2, -0.15) is 0 Å². The second kappa shape index (κ2) is 3.81. The van der Waals surface area contributed by atoms with Gasteiger partial charge in [0.25, 0.3) is 0 Å². The maximum atomic E-state index is 13.0. The van der Waals surface area contributed by atoms with Crippen LogP contribution in [0.2, 0.25) is 0 Å². The maximum absolute atomic E-state index is 13.0. The van der Waals surface area contributed by atoms with Crippen LogP contribution in [0.1, 0.15) is 32.3 Å². The zero-order valence-electron chi connectivity index (χ0n) is 9.50. The topological polar surface area (TPSA) is 20.2 Å². The van der Waals surface area contributed by atoms with Gasteiger partial charge in [-0.05, 0) is 42.4 Å². The van der Waals surface area contributed by atoms with E-state index >= 15 is 0 Å². The highest BCUT2D eigenvalue weighted by atomic mass is 19.2. The first-order valence-corrected chi connectivity index (χ1v) is 5.60. The second-order valence-corrected chi connectivity index (χ2v) is 5.07. The molecule has 3 heteroatoms. The number of hydrogen-bond donors (Lipinski definition) is 1. The standard InChI is InChI=1S/C13H16F2O/c1-8(2)9-6-13(16,7-9)10-3-4-11(14)12(15)5-10/h3-5,8-9,16H,6-7H2,1-2H3. The zero-order chi connectivity index (χ0) is 11.9. The molecule has 1 aromatic rings. The van der Waals surface area contributed by atoms with E-state index in [0.717, 1.165) is 12.1 Å². The molecule has 1 N–H and O–H groups in total. The smallest absolute Gasteiger partial charge is 0.159 e. The molecule has 2 rings (SSSR count). The van der Waals surface area contributed by atoms with Crippen molar-refractivity contribution in [2.45, 2.75) is 32.3 Å². The molecular weight excluding hydrogens is 210 g/mol. The SMILES string of the molecule is CC(C)C1CC(O)(c2ccc(F)c(F)c2)C1. The summed E-state index contributed by atoms with van der Waals surface area (Å²) in [5, 5.41) is 10.2. The predicted molar refractivity (Wildman–Crippen MR) is 57.8 cm³/mol. The first kappa shape index (κ1) is 11.5. The number of benzene rings is 1. The van der Waals surface area contributed by atoms with Gasteiger partial charge in [0.2, 0.25) is 0 Å². The highest BCUT2D eigenvalue weighted by Crippen LogP contribution is 2.48. The third-order valence-corrected chi connectivity index (χ3v) is 3.60. The molecular formula is C13H16F2O. The van der Waals surface area contributed by atoms with Crippen LogP contribution in [-0.4, -0.2) is 5.11 Å². The third-order valence-electron chi connectivity index (χ3n) is 3.60.